The zero-order chi connectivity index (χ0) is 19.3. The smallest absolute Gasteiger partial charge is 0.243 e. The van der Waals surface area contributed by atoms with E-state index >= 15 is 0 Å². The van der Waals surface area contributed by atoms with E-state index in [2.05, 4.69) is 4.90 Å². The molecule has 6 nitrogen and oxygen atoms in total. The highest BCUT2D eigenvalue weighted by Crippen LogP contribution is 2.32. The number of piperidine rings is 1. The zero-order valence-corrected chi connectivity index (χ0v) is 17.9. The van der Waals surface area contributed by atoms with Crippen LogP contribution in [0.5, 0.6) is 11.5 Å². The van der Waals surface area contributed by atoms with Crippen LogP contribution in [0.25, 0.3) is 0 Å². The van der Waals surface area contributed by atoms with E-state index in [1.807, 2.05) is 11.8 Å². The molecular weight excluding hydrogens is 384 g/mol. The molecule has 0 radical (unpaired) electrons. The third kappa shape index (κ3) is 4.91. The summed E-state index contributed by atoms with van der Waals surface area (Å²) in [6.07, 6.45) is 4.59. The number of methoxy groups -OCH3 is 2. The predicted octanol–water partition coefficient (Wildman–Crippen LogP) is 2.69. The second-order valence-corrected chi connectivity index (χ2v) is 10.1. The van der Waals surface area contributed by atoms with Crippen molar-refractivity contribution in [3.05, 3.63) is 18.2 Å². The molecule has 2 aliphatic rings. The molecule has 1 unspecified atom stereocenters. The van der Waals surface area contributed by atoms with Gasteiger partial charge in [-0.3, -0.25) is 0 Å². The first-order valence-corrected chi connectivity index (χ1v) is 12.2. The van der Waals surface area contributed by atoms with E-state index in [-0.39, 0.29) is 10.9 Å². The molecule has 2 aliphatic heterocycles. The van der Waals surface area contributed by atoms with Crippen LogP contribution in [0.3, 0.4) is 0 Å². The average molecular weight is 415 g/mol. The van der Waals surface area contributed by atoms with E-state index in [0.717, 1.165) is 37.6 Å². The predicted molar refractivity (Wildman–Crippen MR) is 109 cm³/mol. The second kappa shape index (κ2) is 9.49. The summed E-state index contributed by atoms with van der Waals surface area (Å²) in [6, 6.07) is 4.86. The van der Waals surface area contributed by atoms with Gasteiger partial charge in [0.1, 0.15) is 0 Å². The topological polar surface area (TPSA) is 59.1 Å². The first-order valence-electron chi connectivity index (χ1n) is 9.60. The lowest BCUT2D eigenvalue weighted by molar-refractivity contribution is 0.183. The van der Waals surface area contributed by atoms with Gasteiger partial charge >= 0.3 is 0 Å². The van der Waals surface area contributed by atoms with Gasteiger partial charge in [0, 0.05) is 31.0 Å². The molecule has 0 amide bonds. The summed E-state index contributed by atoms with van der Waals surface area (Å²) >= 11 is 1.86. The number of ether oxygens (including phenoxy) is 2. The number of sulfonamides is 1. The van der Waals surface area contributed by atoms with Gasteiger partial charge in [-0.1, -0.05) is 6.42 Å². The standard InChI is InChI=1S/C19H30N2O4S2/c1-24-18-8-7-17(13-19(18)25-2)27(22,23)21-11-6-12-26-15-16(21)14-20-9-4-3-5-10-20/h7-8,13,16H,3-6,9-12,14-15H2,1-2H3. The van der Waals surface area contributed by atoms with Crippen molar-refractivity contribution in [1.82, 2.24) is 9.21 Å². The van der Waals surface area contributed by atoms with E-state index in [1.54, 1.807) is 29.6 Å². The van der Waals surface area contributed by atoms with Crippen molar-refractivity contribution in [2.24, 2.45) is 0 Å². The Labute approximate surface area is 167 Å². The van der Waals surface area contributed by atoms with Crippen LogP contribution in [-0.4, -0.2) is 75.6 Å². The Bertz CT molecular complexity index is 720. The molecule has 0 saturated carbocycles. The average Bonchev–Trinajstić information content (AvgIpc) is 2.94. The summed E-state index contributed by atoms with van der Waals surface area (Å²) in [5, 5.41) is 0. The molecule has 0 aliphatic carbocycles. The molecule has 0 aromatic heterocycles. The van der Waals surface area contributed by atoms with Gasteiger partial charge in [0.15, 0.2) is 11.5 Å². The fraction of sp³-hybridized carbons (Fsp3) is 0.684. The van der Waals surface area contributed by atoms with Crippen LogP contribution in [0.1, 0.15) is 25.7 Å². The zero-order valence-electron chi connectivity index (χ0n) is 16.2. The lowest BCUT2D eigenvalue weighted by atomic mass is 10.1. The Morgan fingerprint density at radius 1 is 1.04 bits per heavy atom. The van der Waals surface area contributed by atoms with E-state index in [9.17, 15) is 8.42 Å². The first kappa shape index (κ1) is 20.8. The normalized spacial score (nSPS) is 23.0. The minimum Gasteiger partial charge on any atom is -0.493 e. The molecule has 0 bridgehead atoms. The van der Waals surface area contributed by atoms with Crippen molar-refractivity contribution in [2.45, 2.75) is 36.6 Å². The number of hydrogen-bond acceptors (Lipinski definition) is 6. The highest BCUT2D eigenvalue weighted by Gasteiger charge is 2.34. The van der Waals surface area contributed by atoms with Crippen LogP contribution in [0.15, 0.2) is 23.1 Å². The van der Waals surface area contributed by atoms with E-state index < -0.39 is 10.0 Å². The van der Waals surface area contributed by atoms with Crippen molar-refractivity contribution in [3.8, 4) is 11.5 Å². The fourth-order valence-corrected chi connectivity index (χ4v) is 6.64. The Morgan fingerprint density at radius 2 is 1.78 bits per heavy atom. The molecule has 2 saturated heterocycles. The maximum atomic E-state index is 13.5. The quantitative estimate of drug-likeness (QED) is 0.713. The summed E-state index contributed by atoms with van der Waals surface area (Å²) < 4.78 is 39.2. The van der Waals surface area contributed by atoms with Gasteiger partial charge in [0.05, 0.1) is 19.1 Å². The van der Waals surface area contributed by atoms with Crippen LogP contribution in [0.2, 0.25) is 0 Å². The van der Waals surface area contributed by atoms with Crippen molar-refractivity contribution >= 4 is 21.8 Å². The van der Waals surface area contributed by atoms with Crippen LogP contribution >= 0.6 is 11.8 Å². The van der Waals surface area contributed by atoms with Gasteiger partial charge < -0.3 is 14.4 Å². The second-order valence-electron chi connectivity index (χ2n) is 7.08. The molecule has 0 N–H and O–H groups in total. The summed E-state index contributed by atoms with van der Waals surface area (Å²) in [4.78, 5) is 2.70. The third-order valence-electron chi connectivity index (χ3n) is 5.26. The Hall–Kier alpha value is -0.960. The van der Waals surface area contributed by atoms with Crippen molar-refractivity contribution in [2.75, 3.05) is 51.9 Å². The van der Waals surface area contributed by atoms with E-state index in [4.69, 9.17) is 9.47 Å². The van der Waals surface area contributed by atoms with Gasteiger partial charge in [0.2, 0.25) is 10.0 Å². The Morgan fingerprint density at radius 3 is 2.48 bits per heavy atom. The number of rotatable bonds is 6. The first-order chi connectivity index (χ1) is 13.1. The summed E-state index contributed by atoms with van der Waals surface area (Å²) in [6.45, 7) is 3.54. The van der Waals surface area contributed by atoms with Crippen LogP contribution in [0, 0.1) is 0 Å². The molecule has 0 spiro atoms. The van der Waals surface area contributed by atoms with Crippen molar-refractivity contribution in [3.63, 3.8) is 0 Å². The van der Waals surface area contributed by atoms with Gasteiger partial charge in [-0.15, -0.1) is 0 Å². The Kier molecular flexibility index (Phi) is 7.30. The van der Waals surface area contributed by atoms with Crippen LogP contribution in [-0.2, 0) is 10.0 Å². The van der Waals surface area contributed by atoms with E-state index in [0.29, 0.717) is 18.0 Å². The SMILES string of the molecule is COc1ccc(S(=O)(=O)N2CCCSCC2CN2CCCCC2)cc1OC. The lowest BCUT2D eigenvalue weighted by Gasteiger charge is -2.35. The molecule has 1 aromatic carbocycles. The van der Waals surface area contributed by atoms with Gasteiger partial charge in [-0.05, 0) is 50.2 Å². The molecule has 1 aromatic rings. The molecule has 2 fully saturated rings. The highest BCUT2D eigenvalue weighted by molar-refractivity contribution is 7.99. The minimum atomic E-state index is -3.59. The van der Waals surface area contributed by atoms with Crippen molar-refractivity contribution in [1.29, 1.82) is 0 Å². The molecule has 2 heterocycles. The maximum absolute atomic E-state index is 13.5. The molecule has 3 rings (SSSR count). The highest BCUT2D eigenvalue weighted by atomic mass is 32.2. The molecule has 152 valence electrons. The van der Waals surface area contributed by atoms with Crippen molar-refractivity contribution < 1.29 is 17.9 Å². The largest absolute Gasteiger partial charge is 0.493 e. The minimum absolute atomic E-state index is 0.00805. The third-order valence-corrected chi connectivity index (χ3v) is 8.41. The molecule has 1 atom stereocenters. The number of thioether (sulfide) groups is 1. The van der Waals surface area contributed by atoms with Gasteiger partial charge in [-0.2, -0.15) is 16.1 Å². The number of benzene rings is 1. The number of hydrogen-bond donors (Lipinski definition) is 0. The maximum Gasteiger partial charge on any atom is 0.243 e. The van der Waals surface area contributed by atoms with E-state index in [1.165, 1.54) is 26.4 Å². The summed E-state index contributed by atoms with van der Waals surface area (Å²) in [5.41, 5.74) is 0. The Balaban J connectivity index is 1.86. The molecular formula is C19H30N2O4S2. The fourth-order valence-electron chi connectivity index (χ4n) is 3.82. The lowest BCUT2D eigenvalue weighted by Crippen LogP contribution is -2.49. The number of likely N-dealkylation sites (tertiary alicyclic amines) is 1. The monoisotopic (exact) mass is 414 g/mol. The van der Waals surface area contributed by atoms with Gasteiger partial charge in [0.25, 0.3) is 0 Å². The molecule has 27 heavy (non-hydrogen) atoms. The molecule has 8 heteroatoms. The van der Waals surface area contributed by atoms with Crippen LogP contribution < -0.4 is 9.47 Å². The summed E-state index contributed by atoms with van der Waals surface area (Å²) in [5.74, 6) is 2.83. The van der Waals surface area contributed by atoms with Gasteiger partial charge in [-0.25, -0.2) is 8.42 Å². The van der Waals surface area contributed by atoms with Crippen LogP contribution in [0.4, 0.5) is 0 Å². The number of nitrogens with zero attached hydrogens (tertiary/aromatic N) is 2. The summed E-state index contributed by atoms with van der Waals surface area (Å²) in [7, 11) is -0.513.